The topological polar surface area (TPSA) is 88.3 Å². The number of nitrogens with one attached hydrogen (secondary N) is 1. The van der Waals surface area contributed by atoms with E-state index in [4.69, 9.17) is 5.84 Å². The molecule has 2 rings (SSSR count). The zero-order chi connectivity index (χ0) is 15.5. The maximum Gasteiger partial charge on any atom is 0.262 e. The number of nitrogens with zero attached hydrogens (tertiary/aromatic N) is 2. The number of rotatable bonds is 5. The molecule has 21 heavy (non-hydrogen) atoms. The van der Waals surface area contributed by atoms with Crippen LogP contribution in [0.3, 0.4) is 0 Å². The Labute approximate surface area is 124 Å². The fraction of sp³-hybridized carbons (Fsp3) is 0.214. The third kappa shape index (κ3) is 3.38. The molecule has 0 fully saturated rings. The lowest BCUT2D eigenvalue weighted by Crippen LogP contribution is -2.28. The zero-order valence-corrected chi connectivity index (χ0v) is 12.8. The Balaban J connectivity index is 2.28. The molecule has 0 aliphatic rings. The first-order chi connectivity index (χ1) is 9.95. The van der Waals surface area contributed by atoms with Crippen molar-refractivity contribution in [2.24, 2.45) is 5.84 Å². The molecule has 2 aromatic rings. The van der Waals surface area contributed by atoms with E-state index in [1.807, 2.05) is 31.2 Å². The Bertz CT molecular complexity index is 714. The summed E-state index contributed by atoms with van der Waals surface area (Å²) in [7, 11) is -2.19. The summed E-state index contributed by atoms with van der Waals surface area (Å²) in [6, 6.07) is 10.9. The first kappa shape index (κ1) is 15.4. The van der Waals surface area contributed by atoms with Gasteiger partial charge in [0.2, 0.25) is 0 Å². The molecular weight excluding hydrogens is 288 g/mol. The second-order valence-corrected chi connectivity index (χ2v) is 6.71. The van der Waals surface area contributed by atoms with E-state index in [1.165, 1.54) is 17.5 Å². The van der Waals surface area contributed by atoms with Gasteiger partial charge in [-0.25, -0.2) is 13.4 Å². The highest BCUT2D eigenvalue weighted by molar-refractivity contribution is 7.89. The quantitative estimate of drug-likeness (QED) is 0.645. The molecule has 0 spiro atoms. The highest BCUT2D eigenvalue weighted by Gasteiger charge is 2.25. The van der Waals surface area contributed by atoms with Crippen molar-refractivity contribution in [1.82, 2.24) is 9.29 Å². The second-order valence-electron chi connectivity index (χ2n) is 4.75. The number of nitrogens with two attached hydrogens (primary N) is 1. The third-order valence-corrected chi connectivity index (χ3v) is 4.87. The van der Waals surface area contributed by atoms with Gasteiger partial charge in [0.1, 0.15) is 0 Å². The van der Waals surface area contributed by atoms with E-state index in [-0.39, 0.29) is 17.3 Å². The largest absolute Gasteiger partial charge is 0.321 e. The normalized spacial score (nSPS) is 11.6. The fourth-order valence-corrected chi connectivity index (χ4v) is 3.10. The first-order valence-corrected chi connectivity index (χ1v) is 7.82. The van der Waals surface area contributed by atoms with Crippen molar-refractivity contribution < 1.29 is 8.42 Å². The molecule has 0 saturated carbocycles. The van der Waals surface area contributed by atoms with Crippen LogP contribution in [0.25, 0.3) is 0 Å². The average molecular weight is 306 g/mol. The molecule has 7 heteroatoms. The summed E-state index contributed by atoms with van der Waals surface area (Å²) in [4.78, 5) is 3.93. The summed E-state index contributed by atoms with van der Waals surface area (Å²) in [5, 5.41) is -0.0814. The molecule has 0 bridgehead atoms. The Kier molecular flexibility index (Phi) is 4.56. The summed E-state index contributed by atoms with van der Waals surface area (Å²) in [5.74, 6) is 5.34. The van der Waals surface area contributed by atoms with E-state index >= 15 is 0 Å². The summed E-state index contributed by atoms with van der Waals surface area (Å²) in [6.07, 6.45) is 1.42. The molecule has 0 atom stereocenters. The zero-order valence-electron chi connectivity index (χ0n) is 11.9. The minimum absolute atomic E-state index is 0.0814. The SMILES string of the molecule is Cc1ccc(CN(C)S(=O)(=O)c2ncccc2NN)cc1. The van der Waals surface area contributed by atoms with E-state index in [9.17, 15) is 8.42 Å². The second kappa shape index (κ2) is 6.21. The Hall–Kier alpha value is -1.96. The maximum absolute atomic E-state index is 12.6. The maximum atomic E-state index is 12.6. The first-order valence-electron chi connectivity index (χ1n) is 6.38. The van der Waals surface area contributed by atoms with Gasteiger partial charge in [-0.15, -0.1) is 0 Å². The molecule has 1 heterocycles. The predicted molar refractivity (Wildman–Crippen MR) is 81.9 cm³/mol. The number of hydrogen-bond donors (Lipinski definition) is 2. The highest BCUT2D eigenvalue weighted by atomic mass is 32.2. The van der Waals surface area contributed by atoms with Gasteiger partial charge >= 0.3 is 0 Å². The Morgan fingerprint density at radius 2 is 1.90 bits per heavy atom. The van der Waals surface area contributed by atoms with Crippen molar-refractivity contribution in [3.8, 4) is 0 Å². The van der Waals surface area contributed by atoms with Crippen LogP contribution in [0.1, 0.15) is 11.1 Å². The summed E-state index contributed by atoms with van der Waals surface area (Å²) >= 11 is 0. The number of anilines is 1. The van der Waals surface area contributed by atoms with Crippen molar-refractivity contribution >= 4 is 15.7 Å². The van der Waals surface area contributed by atoms with Crippen LogP contribution in [0, 0.1) is 6.92 Å². The predicted octanol–water partition coefficient (Wildman–Crippen LogP) is 1.50. The molecule has 0 radical (unpaired) electrons. The lowest BCUT2D eigenvalue weighted by Gasteiger charge is -2.18. The molecule has 0 aliphatic heterocycles. The van der Waals surface area contributed by atoms with Gasteiger partial charge in [-0.3, -0.25) is 5.84 Å². The number of hydrogen-bond acceptors (Lipinski definition) is 5. The molecule has 3 N–H and O–H groups in total. The summed E-state index contributed by atoms with van der Waals surface area (Å²) < 4.78 is 26.4. The molecular formula is C14H18N4O2S. The van der Waals surface area contributed by atoms with Crippen LogP contribution in [0.4, 0.5) is 5.69 Å². The van der Waals surface area contributed by atoms with E-state index < -0.39 is 10.0 Å². The van der Waals surface area contributed by atoms with Crippen molar-refractivity contribution in [2.75, 3.05) is 12.5 Å². The van der Waals surface area contributed by atoms with Crippen molar-refractivity contribution in [3.05, 3.63) is 53.7 Å². The number of aryl methyl sites for hydroxylation is 1. The summed E-state index contributed by atoms with van der Waals surface area (Å²) in [5.41, 5.74) is 4.67. The van der Waals surface area contributed by atoms with Gasteiger partial charge in [0.15, 0.2) is 5.03 Å². The molecule has 1 aromatic carbocycles. The van der Waals surface area contributed by atoms with Gasteiger partial charge in [-0.2, -0.15) is 4.31 Å². The van der Waals surface area contributed by atoms with Crippen molar-refractivity contribution in [3.63, 3.8) is 0 Å². The minimum atomic E-state index is -3.71. The monoisotopic (exact) mass is 306 g/mol. The highest BCUT2D eigenvalue weighted by Crippen LogP contribution is 2.21. The van der Waals surface area contributed by atoms with E-state index in [1.54, 1.807) is 12.1 Å². The molecule has 112 valence electrons. The minimum Gasteiger partial charge on any atom is -0.321 e. The Morgan fingerprint density at radius 1 is 1.24 bits per heavy atom. The van der Waals surface area contributed by atoms with E-state index in [2.05, 4.69) is 10.4 Å². The molecule has 0 unspecified atom stereocenters. The van der Waals surface area contributed by atoms with E-state index in [0.717, 1.165) is 11.1 Å². The van der Waals surface area contributed by atoms with Crippen molar-refractivity contribution in [2.45, 2.75) is 18.5 Å². The fourth-order valence-electron chi connectivity index (χ4n) is 1.89. The van der Waals surface area contributed by atoms with Gasteiger partial charge in [0, 0.05) is 19.8 Å². The molecule has 1 aromatic heterocycles. The van der Waals surface area contributed by atoms with Crippen LogP contribution < -0.4 is 11.3 Å². The van der Waals surface area contributed by atoms with E-state index in [0.29, 0.717) is 0 Å². The van der Waals surface area contributed by atoms with Gasteiger partial charge in [-0.05, 0) is 24.6 Å². The average Bonchev–Trinajstić information content (AvgIpc) is 2.49. The number of sulfonamides is 1. The van der Waals surface area contributed by atoms with Crippen LogP contribution >= 0.6 is 0 Å². The lowest BCUT2D eigenvalue weighted by molar-refractivity contribution is 0.464. The van der Waals surface area contributed by atoms with Crippen LogP contribution in [0.15, 0.2) is 47.6 Å². The van der Waals surface area contributed by atoms with Crippen LogP contribution in [-0.2, 0) is 16.6 Å². The standard InChI is InChI=1S/C14H18N4O2S/c1-11-5-7-12(8-6-11)10-18(2)21(19,20)14-13(17-15)4-3-9-16-14/h3-9,17H,10,15H2,1-2H3. The van der Waals surface area contributed by atoms with Gasteiger partial charge in [0.25, 0.3) is 10.0 Å². The van der Waals surface area contributed by atoms with Gasteiger partial charge in [-0.1, -0.05) is 29.8 Å². The van der Waals surface area contributed by atoms with Gasteiger partial charge in [0.05, 0.1) is 5.69 Å². The van der Waals surface area contributed by atoms with Crippen LogP contribution in [-0.4, -0.2) is 24.8 Å². The number of benzene rings is 1. The lowest BCUT2D eigenvalue weighted by atomic mass is 10.1. The smallest absolute Gasteiger partial charge is 0.262 e. The third-order valence-electron chi connectivity index (χ3n) is 3.11. The molecule has 0 amide bonds. The summed E-state index contributed by atoms with van der Waals surface area (Å²) in [6.45, 7) is 2.25. The number of pyridine rings is 1. The van der Waals surface area contributed by atoms with Gasteiger partial charge < -0.3 is 5.43 Å². The Morgan fingerprint density at radius 3 is 2.52 bits per heavy atom. The number of hydrazine groups is 1. The van der Waals surface area contributed by atoms with Crippen LogP contribution in [0.2, 0.25) is 0 Å². The molecule has 6 nitrogen and oxygen atoms in total. The molecule has 0 saturated heterocycles. The number of nitrogen functional groups attached to an aromatic ring is 1. The molecule has 0 aliphatic carbocycles. The van der Waals surface area contributed by atoms with Crippen molar-refractivity contribution in [1.29, 1.82) is 0 Å². The number of aromatic nitrogens is 1. The van der Waals surface area contributed by atoms with Crippen LogP contribution in [0.5, 0.6) is 0 Å².